The van der Waals surface area contributed by atoms with Gasteiger partial charge in [0.1, 0.15) is 5.56 Å². The number of rotatable bonds is 4. The van der Waals surface area contributed by atoms with Crippen molar-refractivity contribution in [1.29, 1.82) is 0 Å². The molecule has 0 unspecified atom stereocenters. The van der Waals surface area contributed by atoms with Crippen molar-refractivity contribution in [3.63, 3.8) is 0 Å². The van der Waals surface area contributed by atoms with Crippen LogP contribution in [0.15, 0.2) is 47.7 Å². The number of aromatic nitrogens is 3. The van der Waals surface area contributed by atoms with Crippen molar-refractivity contribution >= 4 is 23.2 Å². The average Bonchev–Trinajstić information content (AvgIpc) is 2.62. The Morgan fingerprint density at radius 3 is 2.63 bits per heavy atom. The number of benzene rings is 1. The summed E-state index contributed by atoms with van der Waals surface area (Å²) >= 11 is 6.15. The van der Waals surface area contributed by atoms with E-state index in [0.717, 1.165) is 11.3 Å². The molecule has 0 radical (unpaired) electrons. The Labute approximate surface area is 161 Å². The van der Waals surface area contributed by atoms with Gasteiger partial charge in [0.15, 0.2) is 0 Å². The molecule has 0 saturated heterocycles. The van der Waals surface area contributed by atoms with Crippen molar-refractivity contribution in [1.82, 2.24) is 14.5 Å². The first-order valence-electron chi connectivity index (χ1n) is 8.40. The van der Waals surface area contributed by atoms with E-state index in [-0.39, 0.29) is 12.1 Å². The maximum atomic E-state index is 12.9. The number of amides is 1. The molecule has 0 saturated carbocycles. The number of pyridine rings is 1. The van der Waals surface area contributed by atoms with E-state index in [0.29, 0.717) is 22.0 Å². The number of anilines is 1. The second-order valence-electron chi connectivity index (χ2n) is 6.39. The average molecular weight is 383 g/mol. The second-order valence-corrected chi connectivity index (χ2v) is 6.80. The molecule has 27 heavy (non-hydrogen) atoms. The van der Waals surface area contributed by atoms with Gasteiger partial charge < -0.3 is 9.88 Å². The van der Waals surface area contributed by atoms with Crippen LogP contribution in [0.25, 0.3) is 0 Å². The number of nitrogens with one attached hydrogen (secondary N) is 1. The third-order valence-electron chi connectivity index (χ3n) is 4.14. The smallest absolute Gasteiger partial charge is 0.264 e. The van der Waals surface area contributed by atoms with Crippen LogP contribution in [0.5, 0.6) is 0 Å². The first kappa shape index (κ1) is 18.8. The van der Waals surface area contributed by atoms with Crippen LogP contribution in [0.4, 0.5) is 5.69 Å². The van der Waals surface area contributed by atoms with E-state index in [9.17, 15) is 9.59 Å². The van der Waals surface area contributed by atoms with E-state index < -0.39 is 11.5 Å². The highest BCUT2D eigenvalue weighted by molar-refractivity contribution is 6.34. The molecule has 138 valence electrons. The van der Waals surface area contributed by atoms with E-state index in [4.69, 9.17) is 11.6 Å². The zero-order chi connectivity index (χ0) is 19.6. The molecule has 0 aliphatic carbocycles. The summed E-state index contributed by atoms with van der Waals surface area (Å²) in [6.45, 7) is 5.70. The van der Waals surface area contributed by atoms with Gasteiger partial charge in [0.2, 0.25) is 0 Å². The molecule has 3 rings (SSSR count). The van der Waals surface area contributed by atoms with Crippen molar-refractivity contribution < 1.29 is 4.79 Å². The lowest BCUT2D eigenvalue weighted by Gasteiger charge is -2.12. The lowest BCUT2D eigenvalue weighted by atomic mass is 10.1. The predicted octanol–water partition coefficient (Wildman–Crippen LogP) is 3.52. The lowest BCUT2D eigenvalue weighted by molar-refractivity contribution is 0.102. The number of carbonyl (C=O) groups is 1. The van der Waals surface area contributed by atoms with Gasteiger partial charge in [0.25, 0.3) is 11.5 Å². The van der Waals surface area contributed by atoms with Gasteiger partial charge in [-0.05, 0) is 50.1 Å². The van der Waals surface area contributed by atoms with Crippen LogP contribution in [0, 0.1) is 20.8 Å². The Balaban J connectivity index is 1.93. The van der Waals surface area contributed by atoms with E-state index in [1.165, 1.54) is 4.57 Å². The summed E-state index contributed by atoms with van der Waals surface area (Å²) in [5, 5.41) is 3.15. The molecule has 0 spiro atoms. The van der Waals surface area contributed by atoms with Gasteiger partial charge in [0, 0.05) is 12.4 Å². The summed E-state index contributed by atoms with van der Waals surface area (Å²) in [5.74, 6) is -0.491. The van der Waals surface area contributed by atoms with Gasteiger partial charge in [-0.2, -0.15) is 0 Å². The summed E-state index contributed by atoms with van der Waals surface area (Å²) in [7, 11) is 0. The third-order valence-corrected chi connectivity index (χ3v) is 4.47. The molecule has 1 N–H and O–H groups in total. The van der Waals surface area contributed by atoms with Gasteiger partial charge in [0.05, 0.1) is 34.8 Å². The van der Waals surface area contributed by atoms with Crippen molar-refractivity contribution in [2.75, 3.05) is 5.32 Å². The fraction of sp³-hybridized carbons (Fsp3) is 0.200. The molecule has 0 aliphatic heterocycles. The number of halogens is 1. The molecule has 0 fully saturated rings. The zero-order valence-electron chi connectivity index (χ0n) is 15.3. The second kappa shape index (κ2) is 7.72. The van der Waals surface area contributed by atoms with E-state index in [2.05, 4.69) is 15.3 Å². The van der Waals surface area contributed by atoms with Crippen LogP contribution in [-0.4, -0.2) is 20.4 Å². The molecule has 3 aromatic rings. The highest BCUT2D eigenvalue weighted by atomic mass is 35.5. The number of carbonyl (C=O) groups excluding carboxylic acids is 1. The normalized spacial score (nSPS) is 10.7. The minimum absolute atomic E-state index is 0.0788. The van der Waals surface area contributed by atoms with Crippen molar-refractivity contribution in [3.05, 3.63) is 86.3 Å². The first-order valence-corrected chi connectivity index (χ1v) is 8.78. The molecule has 2 aromatic heterocycles. The molecule has 1 amide bonds. The molecule has 2 heterocycles. The minimum Gasteiger partial charge on any atom is -0.320 e. The Kier molecular flexibility index (Phi) is 5.37. The van der Waals surface area contributed by atoms with Crippen molar-refractivity contribution in [2.45, 2.75) is 27.3 Å². The van der Waals surface area contributed by atoms with Crippen LogP contribution in [0.1, 0.15) is 32.9 Å². The summed E-state index contributed by atoms with van der Waals surface area (Å²) in [5.41, 5.74) is 3.14. The Bertz CT molecular complexity index is 1060. The number of hydrogen-bond acceptors (Lipinski definition) is 4. The highest BCUT2D eigenvalue weighted by Crippen LogP contribution is 2.23. The summed E-state index contributed by atoms with van der Waals surface area (Å²) in [6.07, 6.45) is 4.91. The predicted molar refractivity (Wildman–Crippen MR) is 105 cm³/mol. The molecule has 0 bridgehead atoms. The zero-order valence-corrected chi connectivity index (χ0v) is 16.0. The maximum absolute atomic E-state index is 12.9. The quantitative estimate of drug-likeness (QED) is 0.749. The van der Waals surface area contributed by atoms with Gasteiger partial charge in [-0.15, -0.1) is 0 Å². The van der Waals surface area contributed by atoms with Crippen LogP contribution in [0.3, 0.4) is 0 Å². The highest BCUT2D eigenvalue weighted by Gasteiger charge is 2.17. The summed E-state index contributed by atoms with van der Waals surface area (Å²) < 4.78 is 1.44. The van der Waals surface area contributed by atoms with Crippen LogP contribution in [-0.2, 0) is 6.54 Å². The SMILES string of the molecule is Cc1ccc(Cl)c(NC(=O)c2c(C)ccn(Cc3cnc(C)cn3)c2=O)c1. The summed E-state index contributed by atoms with van der Waals surface area (Å²) in [6, 6.07) is 7.05. The largest absolute Gasteiger partial charge is 0.320 e. The van der Waals surface area contributed by atoms with Crippen molar-refractivity contribution in [2.24, 2.45) is 0 Å². The first-order chi connectivity index (χ1) is 12.8. The van der Waals surface area contributed by atoms with Gasteiger partial charge >= 0.3 is 0 Å². The van der Waals surface area contributed by atoms with Gasteiger partial charge in [-0.3, -0.25) is 19.6 Å². The maximum Gasteiger partial charge on any atom is 0.264 e. The molecule has 0 atom stereocenters. The standard InChI is InChI=1S/C20H19ClN4O2/c1-12-4-5-16(21)17(8-12)24-19(26)18-13(2)6-7-25(20(18)27)11-15-10-22-14(3)9-23-15/h4-10H,11H2,1-3H3,(H,24,26). The molecule has 6 nitrogen and oxygen atoms in total. The number of aryl methyl sites for hydroxylation is 3. The number of nitrogens with zero attached hydrogens (tertiary/aromatic N) is 3. The summed E-state index contributed by atoms with van der Waals surface area (Å²) in [4.78, 5) is 34.1. The van der Waals surface area contributed by atoms with Gasteiger partial charge in [-0.1, -0.05) is 17.7 Å². The molecular weight excluding hydrogens is 364 g/mol. The third kappa shape index (κ3) is 4.23. The monoisotopic (exact) mass is 382 g/mol. The van der Waals surface area contributed by atoms with E-state index in [1.54, 1.807) is 43.7 Å². The van der Waals surface area contributed by atoms with Crippen LogP contribution >= 0.6 is 11.6 Å². The fourth-order valence-electron chi connectivity index (χ4n) is 2.66. The Morgan fingerprint density at radius 1 is 1.15 bits per heavy atom. The molecule has 1 aromatic carbocycles. The molecule has 0 aliphatic rings. The lowest BCUT2D eigenvalue weighted by Crippen LogP contribution is -2.30. The van der Waals surface area contributed by atoms with Crippen LogP contribution in [0.2, 0.25) is 5.02 Å². The topological polar surface area (TPSA) is 76.9 Å². The molecule has 7 heteroatoms. The Morgan fingerprint density at radius 2 is 1.93 bits per heavy atom. The molecular formula is C20H19ClN4O2. The number of hydrogen-bond donors (Lipinski definition) is 1. The van der Waals surface area contributed by atoms with E-state index in [1.807, 2.05) is 19.9 Å². The fourth-order valence-corrected chi connectivity index (χ4v) is 2.83. The Hall–Kier alpha value is -2.99. The van der Waals surface area contributed by atoms with Crippen molar-refractivity contribution in [3.8, 4) is 0 Å². The van der Waals surface area contributed by atoms with Gasteiger partial charge in [-0.25, -0.2) is 0 Å². The van der Waals surface area contributed by atoms with E-state index >= 15 is 0 Å². The van der Waals surface area contributed by atoms with Crippen LogP contribution < -0.4 is 10.9 Å². The minimum atomic E-state index is -0.491.